The lowest BCUT2D eigenvalue weighted by Crippen LogP contribution is -2.50. The van der Waals surface area contributed by atoms with Crippen LogP contribution in [-0.2, 0) is 22.6 Å². The molecular formula is C23H26Cl4N2O2. The maximum absolute atomic E-state index is 13.4. The number of halogens is 4. The molecule has 0 bridgehead atoms. The minimum atomic E-state index is -0.676. The first-order valence-electron chi connectivity index (χ1n) is 10.1. The molecule has 0 saturated heterocycles. The van der Waals surface area contributed by atoms with E-state index in [9.17, 15) is 9.59 Å². The van der Waals surface area contributed by atoms with Gasteiger partial charge in [-0.05, 0) is 42.2 Å². The third-order valence-corrected chi connectivity index (χ3v) is 6.11. The molecule has 0 spiro atoms. The summed E-state index contributed by atoms with van der Waals surface area (Å²) in [6, 6.07) is 9.46. The van der Waals surface area contributed by atoms with E-state index in [0.717, 1.165) is 0 Å². The molecular weight excluding hydrogens is 478 g/mol. The van der Waals surface area contributed by atoms with Crippen LogP contribution in [0.2, 0.25) is 20.1 Å². The van der Waals surface area contributed by atoms with Crippen LogP contribution in [0.15, 0.2) is 36.4 Å². The van der Waals surface area contributed by atoms with E-state index in [1.54, 1.807) is 36.4 Å². The molecule has 4 nitrogen and oxygen atoms in total. The first kappa shape index (κ1) is 25.8. The molecule has 31 heavy (non-hydrogen) atoms. The molecule has 2 aromatic rings. The molecule has 0 aliphatic heterocycles. The van der Waals surface area contributed by atoms with Crippen LogP contribution in [0.3, 0.4) is 0 Å². The first-order valence-corrected chi connectivity index (χ1v) is 11.6. The lowest BCUT2D eigenvalue weighted by molar-refractivity contribution is -0.141. The fraction of sp³-hybridized carbons (Fsp3) is 0.391. The fourth-order valence-corrected chi connectivity index (χ4v) is 4.12. The Hall–Kier alpha value is -1.46. The SMILES string of the molecule is CCC(C(=O)NCC(C)C)N(Cc1c(Cl)cccc1Cl)C(=O)Cc1ccc(Cl)cc1Cl. The molecule has 2 amide bonds. The van der Waals surface area contributed by atoms with Crippen molar-refractivity contribution in [1.29, 1.82) is 0 Å². The Morgan fingerprint density at radius 1 is 1.00 bits per heavy atom. The Bertz CT molecular complexity index is 914. The van der Waals surface area contributed by atoms with E-state index in [1.807, 2.05) is 20.8 Å². The van der Waals surface area contributed by atoms with Crippen molar-refractivity contribution in [2.24, 2.45) is 5.92 Å². The highest BCUT2D eigenvalue weighted by Gasteiger charge is 2.30. The highest BCUT2D eigenvalue weighted by Crippen LogP contribution is 2.28. The number of benzene rings is 2. The molecule has 1 atom stereocenters. The Labute approximate surface area is 203 Å². The summed E-state index contributed by atoms with van der Waals surface area (Å²) in [5, 5.41) is 4.68. The van der Waals surface area contributed by atoms with E-state index in [1.165, 1.54) is 4.90 Å². The topological polar surface area (TPSA) is 49.4 Å². The minimum Gasteiger partial charge on any atom is -0.354 e. The quantitative estimate of drug-likeness (QED) is 0.429. The Balaban J connectivity index is 2.37. The second-order valence-corrected chi connectivity index (χ2v) is 9.36. The highest BCUT2D eigenvalue weighted by atomic mass is 35.5. The fourth-order valence-electron chi connectivity index (χ4n) is 3.13. The minimum absolute atomic E-state index is 0.0199. The van der Waals surface area contributed by atoms with Crippen molar-refractivity contribution in [2.45, 2.75) is 46.2 Å². The summed E-state index contributed by atoms with van der Waals surface area (Å²) >= 11 is 24.9. The lowest BCUT2D eigenvalue weighted by atomic mass is 10.1. The molecule has 0 radical (unpaired) electrons. The molecule has 8 heteroatoms. The maximum atomic E-state index is 13.4. The average Bonchev–Trinajstić information content (AvgIpc) is 2.70. The second-order valence-electron chi connectivity index (χ2n) is 7.70. The third-order valence-electron chi connectivity index (χ3n) is 4.82. The Morgan fingerprint density at radius 3 is 2.19 bits per heavy atom. The van der Waals surface area contributed by atoms with Crippen molar-refractivity contribution in [3.05, 3.63) is 67.6 Å². The standard InChI is InChI=1S/C23H26Cl4N2O2/c1-4-21(23(31)28-12-14(2)3)29(13-17-18(25)6-5-7-19(17)26)22(30)10-15-8-9-16(24)11-20(15)27/h5-9,11,14,21H,4,10,12-13H2,1-3H3,(H,28,31). The van der Waals surface area contributed by atoms with E-state index in [2.05, 4.69) is 5.32 Å². The predicted molar refractivity (Wildman–Crippen MR) is 129 cm³/mol. The molecule has 0 fully saturated rings. The zero-order valence-electron chi connectivity index (χ0n) is 17.7. The lowest BCUT2D eigenvalue weighted by Gasteiger charge is -2.31. The van der Waals surface area contributed by atoms with Crippen LogP contribution in [0, 0.1) is 5.92 Å². The smallest absolute Gasteiger partial charge is 0.242 e. The zero-order chi connectivity index (χ0) is 23.1. The van der Waals surface area contributed by atoms with Crippen LogP contribution in [-0.4, -0.2) is 29.3 Å². The van der Waals surface area contributed by atoms with Gasteiger partial charge in [0.2, 0.25) is 11.8 Å². The van der Waals surface area contributed by atoms with Crippen LogP contribution < -0.4 is 5.32 Å². The van der Waals surface area contributed by atoms with Gasteiger partial charge in [0.15, 0.2) is 0 Å². The first-order chi connectivity index (χ1) is 14.6. The van der Waals surface area contributed by atoms with Gasteiger partial charge in [-0.15, -0.1) is 0 Å². The van der Waals surface area contributed by atoms with Crippen molar-refractivity contribution in [3.8, 4) is 0 Å². The summed E-state index contributed by atoms with van der Waals surface area (Å²) in [5.41, 5.74) is 1.22. The van der Waals surface area contributed by atoms with Gasteiger partial charge in [-0.25, -0.2) is 0 Å². The van der Waals surface area contributed by atoms with E-state index >= 15 is 0 Å². The normalized spacial score (nSPS) is 12.0. The predicted octanol–water partition coefficient (Wildman–Crippen LogP) is 6.42. The number of hydrogen-bond acceptors (Lipinski definition) is 2. The van der Waals surface area contributed by atoms with Gasteiger partial charge in [0.1, 0.15) is 6.04 Å². The number of carbonyl (C=O) groups excluding carboxylic acids is 2. The maximum Gasteiger partial charge on any atom is 0.242 e. The molecule has 168 valence electrons. The van der Waals surface area contributed by atoms with E-state index in [4.69, 9.17) is 46.4 Å². The second kappa shape index (κ2) is 12.0. The monoisotopic (exact) mass is 502 g/mol. The van der Waals surface area contributed by atoms with Gasteiger partial charge >= 0.3 is 0 Å². The highest BCUT2D eigenvalue weighted by molar-refractivity contribution is 6.36. The van der Waals surface area contributed by atoms with Crippen LogP contribution in [0.25, 0.3) is 0 Å². The van der Waals surface area contributed by atoms with E-state index in [-0.39, 0.29) is 30.7 Å². The van der Waals surface area contributed by atoms with Crippen LogP contribution in [0.5, 0.6) is 0 Å². The number of amides is 2. The molecule has 0 aromatic heterocycles. The molecule has 0 saturated carbocycles. The van der Waals surface area contributed by atoms with Crippen molar-refractivity contribution < 1.29 is 9.59 Å². The Kier molecular flexibility index (Phi) is 9.95. The van der Waals surface area contributed by atoms with Gasteiger partial charge in [-0.3, -0.25) is 9.59 Å². The number of hydrogen-bond donors (Lipinski definition) is 1. The summed E-state index contributed by atoms with van der Waals surface area (Å²) < 4.78 is 0. The molecule has 0 heterocycles. The van der Waals surface area contributed by atoms with E-state index < -0.39 is 6.04 Å². The molecule has 2 aromatic carbocycles. The van der Waals surface area contributed by atoms with Gasteiger partial charge in [0, 0.05) is 38.7 Å². The molecule has 0 aliphatic carbocycles. The van der Waals surface area contributed by atoms with Crippen molar-refractivity contribution in [3.63, 3.8) is 0 Å². The third kappa shape index (κ3) is 7.28. The summed E-state index contributed by atoms with van der Waals surface area (Å²) in [5.74, 6) is -0.182. The van der Waals surface area contributed by atoms with Crippen molar-refractivity contribution >= 4 is 58.2 Å². The molecule has 1 N–H and O–H groups in total. The van der Waals surface area contributed by atoms with Gasteiger partial charge in [0.25, 0.3) is 0 Å². The van der Waals surface area contributed by atoms with Crippen LogP contribution in [0.1, 0.15) is 38.3 Å². The molecule has 2 rings (SSSR count). The summed E-state index contributed by atoms with van der Waals surface area (Å²) in [4.78, 5) is 27.8. The summed E-state index contributed by atoms with van der Waals surface area (Å²) in [7, 11) is 0. The Morgan fingerprint density at radius 2 is 1.65 bits per heavy atom. The number of rotatable bonds is 9. The summed E-state index contributed by atoms with van der Waals surface area (Å²) in [6.07, 6.45) is 0.456. The van der Waals surface area contributed by atoms with E-state index in [0.29, 0.717) is 44.2 Å². The largest absolute Gasteiger partial charge is 0.354 e. The van der Waals surface area contributed by atoms with Gasteiger partial charge in [0.05, 0.1) is 6.42 Å². The van der Waals surface area contributed by atoms with Gasteiger partial charge in [-0.1, -0.05) is 79.3 Å². The average molecular weight is 504 g/mol. The van der Waals surface area contributed by atoms with Gasteiger partial charge < -0.3 is 10.2 Å². The number of nitrogens with one attached hydrogen (secondary N) is 1. The zero-order valence-corrected chi connectivity index (χ0v) is 20.7. The van der Waals surface area contributed by atoms with Crippen molar-refractivity contribution in [1.82, 2.24) is 10.2 Å². The number of carbonyl (C=O) groups is 2. The summed E-state index contributed by atoms with van der Waals surface area (Å²) in [6.45, 7) is 6.51. The van der Waals surface area contributed by atoms with Gasteiger partial charge in [-0.2, -0.15) is 0 Å². The number of nitrogens with zero attached hydrogens (tertiary/aromatic N) is 1. The van der Waals surface area contributed by atoms with Crippen molar-refractivity contribution in [2.75, 3.05) is 6.54 Å². The molecule has 0 aliphatic rings. The van der Waals surface area contributed by atoms with Crippen LogP contribution >= 0.6 is 46.4 Å². The molecule has 1 unspecified atom stereocenters. The van der Waals surface area contributed by atoms with Crippen LogP contribution in [0.4, 0.5) is 0 Å².